The molecular formula is C21H17NO3. The zero-order valence-electron chi connectivity index (χ0n) is 14.1. The number of hydrogen-bond acceptors (Lipinski definition) is 3. The third kappa shape index (κ3) is 2.22. The molecule has 4 rings (SSSR count). The van der Waals surface area contributed by atoms with Crippen LogP contribution in [0.1, 0.15) is 33.2 Å². The summed E-state index contributed by atoms with van der Waals surface area (Å²) in [4.78, 5) is 27.2. The van der Waals surface area contributed by atoms with Gasteiger partial charge in [0.1, 0.15) is 5.75 Å². The van der Waals surface area contributed by atoms with E-state index in [9.17, 15) is 9.59 Å². The van der Waals surface area contributed by atoms with Gasteiger partial charge in [-0.05, 0) is 41.6 Å². The Morgan fingerprint density at radius 1 is 0.920 bits per heavy atom. The number of ether oxygens (including phenoxy) is 1. The topological polar surface area (TPSA) is 46.6 Å². The van der Waals surface area contributed by atoms with E-state index in [0.717, 1.165) is 22.8 Å². The molecule has 1 aliphatic rings. The Balaban J connectivity index is 1.91. The first-order valence-electron chi connectivity index (χ1n) is 8.23. The molecule has 1 heterocycles. The van der Waals surface area contributed by atoms with Gasteiger partial charge in [-0.2, -0.15) is 0 Å². The SMILES string of the molecule is CCc1ccccc1N1C(=O)c2cc3cccc(OC)c3cc2C1=O. The molecule has 0 saturated heterocycles. The van der Waals surface area contributed by atoms with E-state index in [2.05, 4.69) is 0 Å². The smallest absolute Gasteiger partial charge is 0.266 e. The molecule has 0 aliphatic carbocycles. The van der Waals surface area contributed by atoms with Crippen molar-refractivity contribution in [2.75, 3.05) is 12.0 Å². The Kier molecular flexibility index (Phi) is 3.53. The summed E-state index contributed by atoms with van der Waals surface area (Å²) in [5, 5.41) is 1.71. The second kappa shape index (κ2) is 5.74. The summed E-state index contributed by atoms with van der Waals surface area (Å²) in [5.74, 6) is 0.132. The van der Waals surface area contributed by atoms with Crippen molar-refractivity contribution in [1.29, 1.82) is 0 Å². The predicted molar refractivity (Wildman–Crippen MR) is 97.5 cm³/mol. The number of carbonyl (C=O) groups is 2. The van der Waals surface area contributed by atoms with E-state index in [0.29, 0.717) is 22.6 Å². The third-order valence-corrected chi connectivity index (χ3v) is 4.68. The van der Waals surface area contributed by atoms with E-state index in [-0.39, 0.29) is 11.8 Å². The van der Waals surface area contributed by atoms with Crippen LogP contribution in [-0.4, -0.2) is 18.9 Å². The lowest BCUT2D eigenvalue weighted by atomic mass is 10.0. The highest BCUT2D eigenvalue weighted by molar-refractivity contribution is 6.35. The Bertz CT molecular complexity index is 1020. The fourth-order valence-corrected chi connectivity index (χ4v) is 3.41. The fourth-order valence-electron chi connectivity index (χ4n) is 3.41. The highest BCUT2D eigenvalue weighted by atomic mass is 16.5. The van der Waals surface area contributed by atoms with E-state index in [1.807, 2.05) is 49.4 Å². The Labute approximate surface area is 145 Å². The molecule has 1 aliphatic heterocycles. The first-order valence-corrected chi connectivity index (χ1v) is 8.23. The van der Waals surface area contributed by atoms with Crippen LogP contribution >= 0.6 is 0 Å². The van der Waals surface area contributed by atoms with Crippen LogP contribution < -0.4 is 9.64 Å². The highest BCUT2D eigenvalue weighted by Gasteiger charge is 2.37. The molecule has 0 unspecified atom stereocenters. The normalized spacial score (nSPS) is 13.4. The molecule has 0 saturated carbocycles. The van der Waals surface area contributed by atoms with Crippen LogP contribution in [-0.2, 0) is 6.42 Å². The third-order valence-electron chi connectivity index (χ3n) is 4.68. The number of methoxy groups -OCH3 is 1. The van der Waals surface area contributed by atoms with Crippen molar-refractivity contribution >= 4 is 28.3 Å². The number of aryl methyl sites for hydroxylation is 1. The van der Waals surface area contributed by atoms with Gasteiger partial charge in [0, 0.05) is 5.39 Å². The molecule has 0 bridgehead atoms. The quantitative estimate of drug-likeness (QED) is 0.675. The minimum atomic E-state index is -0.284. The first kappa shape index (κ1) is 15.4. The van der Waals surface area contributed by atoms with Crippen molar-refractivity contribution in [2.24, 2.45) is 0 Å². The van der Waals surface area contributed by atoms with Crippen molar-refractivity contribution in [2.45, 2.75) is 13.3 Å². The summed E-state index contributed by atoms with van der Waals surface area (Å²) in [6, 6.07) is 16.7. The maximum atomic E-state index is 13.0. The number of nitrogens with zero attached hydrogens (tertiary/aromatic N) is 1. The van der Waals surface area contributed by atoms with E-state index >= 15 is 0 Å². The summed E-state index contributed by atoms with van der Waals surface area (Å²) in [6.45, 7) is 2.01. The molecule has 0 N–H and O–H groups in total. The summed E-state index contributed by atoms with van der Waals surface area (Å²) in [7, 11) is 1.60. The second-order valence-electron chi connectivity index (χ2n) is 6.01. The number of benzene rings is 3. The molecule has 25 heavy (non-hydrogen) atoms. The van der Waals surface area contributed by atoms with Gasteiger partial charge in [0.15, 0.2) is 0 Å². The molecule has 0 fully saturated rings. The molecule has 2 amide bonds. The van der Waals surface area contributed by atoms with Gasteiger partial charge in [-0.25, -0.2) is 4.90 Å². The van der Waals surface area contributed by atoms with Crippen molar-refractivity contribution < 1.29 is 14.3 Å². The molecule has 4 heteroatoms. The standard InChI is InChI=1S/C21H17NO3/c1-3-13-7-4-5-9-18(13)22-20(23)16-11-14-8-6-10-19(25-2)15(14)12-17(16)21(22)24/h4-12H,3H2,1-2H3. The van der Waals surface area contributed by atoms with Gasteiger partial charge >= 0.3 is 0 Å². The van der Waals surface area contributed by atoms with E-state index in [1.54, 1.807) is 19.2 Å². The Hall–Kier alpha value is -3.14. The number of amides is 2. The van der Waals surface area contributed by atoms with Crippen molar-refractivity contribution in [3.63, 3.8) is 0 Å². The van der Waals surface area contributed by atoms with E-state index in [4.69, 9.17) is 4.74 Å². The van der Waals surface area contributed by atoms with Crippen LogP contribution in [0.2, 0.25) is 0 Å². The van der Waals surface area contributed by atoms with Crippen LogP contribution in [0.5, 0.6) is 5.75 Å². The van der Waals surface area contributed by atoms with Gasteiger partial charge in [-0.15, -0.1) is 0 Å². The number of carbonyl (C=O) groups excluding carboxylic acids is 2. The van der Waals surface area contributed by atoms with Crippen molar-refractivity contribution in [1.82, 2.24) is 0 Å². The molecule has 3 aromatic carbocycles. The molecule has 4 nitrogen and oxygen atoms in total. The molecular weight excluding hydrogens is 314 g/mol. The van der Waals surface area contributed by atoms with Gasteiger partial charge in [-0.3, -0.25) is 9.59 Å². The number of fused-ring (bicyclic) bond motifs is 2. The molecule has 3 aromatic rings. The largest absolute Gasteiger partial charge is 0.496 e. The average molecular weight is 331 g/mol. The highest BCUT2D eigenvalue weighted by Crippen LogP contribution is 2.35. The second-order valence-corrected chi connectivity index (χ2v) is 6.01. The number of rotatable bonds is 3. The Morgan fingerprint density at radius 2 is 1.64 bits per heavy atom. The maximum absolute atomic E-state index is 13.0. The lowest BCUT2D eigenvalue weighted by Crippen LogP contribution is -2.30. The minimum absolute atomic E-state index is 0.273. The summed E-state index contributed by atoms with van der Waals surface area (Å²) in [6.07, 6.45) is 0.749. The van der Waals surface area contributed by atoms with Gasteiger partial charge in [-0.1, -0.05) is 37.3 Å². The van der Waals surface area contributed by atoms with Crippen LogP contribution in [0.25, 0.3) is 10.8 Å². The fraction of sp³-hybridized carbons (Fsp3) is 0.143. The zero-order chi connectivity index (χ0) is 17.6. The van der Waals surface area contributed by atoms with Gasteiger partial charge in [0.2, 0.25) is 0 Å². The monoisotopic (exact) mass is 331 g/mol. The lowest BCUT2D eigenvalue weighted by Gasteiger charge is -2.17. The maximum Gasteiger partial charge on any atom is 0.266 e. The molecule has 124 valence electrons. The van der Waals surface area contributed by atoms with E-state index in [1.165, 1.54) is 4.90 Å². The molecule has 0 radical (unpaired) electrons. The zero-order valence-corrected chi connectivity index (χ0v) is 14.1. The van der Waals surface area contributed by atoms with Gasteiger partial charge < -0.3 is 4.74 Å². The minimum Gasteiger partial charge on any atom is -0.496 e. The number of hydrogen-bond donors (Lipinski definition) is 0. The van der Waals surface area contributed by atoms with E-state index < -0.39 is 0 Å². The summed E-state index contributed by atoms with van der Waals surface area (Å²) in [5.41, 5.74) is 2.50. The van der Waals surface area contributed by atoms with Gasteiger partial charge in [0.25, 0.3) is 11.8 Å². The Morgan fingerprint density at radius 3 is 2.36 bits per heavy atom. The summed E-state index contributed by atoms with van der Waals surface area (Å²) >= 11 is 0. The van der Waals surface area contributed by atoms with Crippen LogP contribution in [0.3, 0.4) is 0 Å². The molecule has 0 spiro atoms. The summed E-state index contributed by atoms with van der Waals surface area (Å²) < 4.78 is 5.39. The first-order chi connectivity index (χ1) is 12.2. The average Bonchev–Trinajstić information content (AvgIpc) is 2.89. The molecule has 0 aromatic heterocycles. The number of para-hydroxylation sites is 1. The number of imide groups is 1. The van der Waals surface area contributed by atoms with Gasteiger partial charge in [0.05, 0.1) is 23.9 Å². The van der Waals surface area contributed by atoms with Crippen LogP contribution in [0.4, 0.5) is 5.69 Å². The number of anilines is 1. The van der Waals surface area contributed by atoms with Crippen LogP contribution in [0, 0.1) is 0 Å². The predicted octanol–water partition coefficient (Wildman–Crippen LogP) is 4.21. The van der Waals surface area contributed by atoms with Crippen molar-refractivity contribution in [3.8, 4) is 5.75 Å². The van der Waals surface area contributed by atoms with Crippen LogP contribution in [0.15, 0.2) is 54.6 Å². The lowest BCUT2D eigenvalue weighted by molar-refractivity contribution is 0.0926. The molecule has 0 atom stereocenters. The van der Waals surface area contributed by atoms with Crippen molar-refractivity contribution in [3.05, 3.63) is 71.3 Å².